The fourth-order valence-electron chi connectivity index (χ4n) is 1.51. The number of hydrogen-bond donors (Lipinski definition) is 1. The molecule has 1 rings (SSSR count). The molecule has 5 heteroatoms. The maximum Gasteiger partial charge on any atom is 0.250 e. The zero-order valence-electron chi connectivity index (χ0n) is 10.1. The normalized spacial score (nSPS) is 10.7. The van der Waals surface area contributed by atoms with Crippen LogP contribution in [-0.2, 0) is 11.3 Å². The minimum Gasteiger partial charge on any atom is -0.383 e. The first-order chi connectivity index (χ1) is 8.24. The quantitative estimate of drug-likeness (QED) is 0.742. The summed E-state index contributed by atoms with van der Waals surface area (Å²) < 4.78 is 7.61. The van der Waals surface area contributed by atoms with E-state index in [-0.39, 0.29) is 5.56 Å². The SMILES string of the molecule is COCCNCCCCn1cc(Br)ccc1=O. The number of unbranched alkanes of at least 4 members (excludes halogenated alkanes) is 1. The van der Waals surface area contributed by atoms with Crippen LogP contribution in [0.2, 0.25) is 0 Å². The summed E-state index contributed by atoms with van der Waals surface area (Å²) in [6.07, 6.45) is 3.89. The zero-order chi connectivity index (χ0) is 12.5. The van der Waals surface area contributed by atoms with Gasteiger partial charge in [0.25, 0.3) is 5.56 Å². The van der Waals surface area contributed by atoms with Gasteiger partial charge in [0.1, 0.15) is 0 Å². The number of ether oxygens (including phenoxy) is 1. The Hall–Kier alpha value is -0.650. The lowest BCUT2D eigenvalue weighted by Gasteiger charge is -2.06. The van der Waals surface area contributed by atoms with Gasteiger partial charge in [-0.25, -0.2) is 0 Å². The number of halogens is 1. The molecule has 1 aromatic heterocycles. The molecule has 1 aromatic rings. The van der Waals surface area contributed by atoms with Gasteiger partial charge in [-0.15, -0.1) is 0 Å². The van der Waals surface area contributed by atoms with Crippen LogP contribution in [0.25, 0.3) is 0 Å². The maximum atomic E-state index is 11.5. The van der Waals surface area contributed by atoms with Gasteiger partial charge in [-0.1, -0.05) is 0 Å². The zero-order valence-corrected chi connectivity index (χ0v) is 11.7. The molecule has 0 saturated heterocycles. The highest BCUT2D eigenvalue weighted by Gasteiger charge is 1.96. The molecule has 0 bridgehead atoms. The summed E-state index contributed by atoms with van der Waals surface area (Å²) in [5.74, 6) is 0. The number of hydrogen-bond acceptors (Lipinski definition) is 3. The van der Waals surface area contributed by atoms with Gasteiger partial charge in [-0.3, -0.25) is 4.79 Å². The highest BCUT2D eigenvalue weighted by Crippen LogP contribution is 2.05. The number of methoxy groups -OCH3 is 1. The van der Waals surface area contributed by atoms with Crippen LogP contribution in [0.1, 0.15) is 12.8 Å². The van der Waals surface area contributed by atoms with Crippen molar-refractivity contribution in [2.45, 2.75) is 19.4 Å². The van der Waals surface area contributed by atoms with Gasteiger partial charge < -0.3 is 14.6 Å². The van der Waals surface area contributed by atoms with Crippen LogP contribution < -0.4 is 10.9 Å². The largest absolute Gasteiger partial charge is 0.383 e. The summed E-state index contributed by atoms with van der Waals surface area (Å²) in [5, 5.41) is 3.28. The summed E-state index contributed by atoms with van der Waals surface area (Å²) in [7, 11) is 1.70. The van der Waals surface area contributed by atoms with E-state index < -0.39 is 0 Å². The van der Waals surface area contributed by atoms with E-state index in [0.717, 1.165) is 43.6 Å². The van der Waals surface area contributed by atoms with Crippen molar-refractivity contribution in [3.63, 3.8) is 0 Å². The summed E-state index contributed by atoms with van der Waals surface area (Å²) in [6.45, 7) is 3.36. The van der Waals surface area contributed by atoms with Gasteiger partial charge in [-0.05, 0) is 41.4 Å². The molecule has 1 heterocycles. The second kappa shape index (κ2) is 8.44. The van der Waals surface area contributed by atoms with Gasteiger partial charge in [-0.2, -0.15) is 0 Å². The summed E-state index contributed by atoms with van der Waals surface area (Å²) in [4.78, 5) is 11.5. The van der Waals surface area contributed by atoms with Crippen molar-refractivity contribution in [1.29, 1.82) is 0 Å². The van der Waals surface area contributed by atoms with Crippen molar-refractivity contribution in [2.75, 3.05) is 26.8 Å². The minimum absolute atomic E-state index is 0.0561. The Balaban J connectivity index is 2.18. The number of aromatic nitrogens is 1. The molecular weight excluding hydrogens is 284 g/mol. The Bertz CT molecular complexity index is 379. The molecule has 0 amide bonds. The third kappa shape index (κ3) is 6.00. The van der Waals surface area contributed by atoms with E-state index in [2.05, 4.69) is 21.2 Å². The average molecular weight is 303 g/mol. The number of nitrogens with one attached hydrogen (secondary N) is 1. The number of rotatable bonds is 8. The molecule has 96 valence electrons. The van der Waals surface area contributed by atoms with Crippen molar-refractivity contribution in [1.82, 2.24) is 9.88 Å². The predicted octanol–water partition coefficient (Wildman–Crippen LogP) is 1.63. The van der Waals surface area contributed by atoms with E-state index in [1.807, 2.05) is 6.20 Å². The molecule has 17 heavy (non-hydrogen) atoms. The molecule has 0 atom stereocenters. The van der Waals surface area contributed by atoms with Gasteiger partial charge in [0.15, 0.2) is 0 Å². The standard InChI is InChI=1S/C12H19BrN2O2/c1-17-9-7-14-6-2-3-8-15-10-11(13)4-5-12(15)16/h4-5,10,14H,2-3,6-9H2,1H3. The first-order valence-corrected chi connectivity index (χ1v) is 6.59. The van der Waals surface area contributed by atoms with Crippen LogP contribution in [0, 0.1) is 0 Å². The molecule has 1 N–H and O–H groups in total. The van der Waals surface area contributed by atoms with Gasteiger partial charge in [0, 0.05) is 36.9 Å². The molecule has 0 spiro atoms. The second-order valence-corrected chi connectivity index (χ2v) is 4.74. The van der Waals surface area contributed by atoms with Crippen LogP contribution in [0.15, 0.2) is 27.6 Å². The Morgan fingerprint density at radius 3 is 2.94 bits per heavy atom. The minimum atomic E-state index is 0.0561. The van der Waals surface area contributed by atoms with Crippen LogP contribution >= 0.6 is 15.9 Å². The van der Waals surface area contributed by atoms with Crippen LogP contribution in [0.4, 0.5) is 0 Å². The van der Waals surface area contributed by atoms with Crippen molar-refractivity contribution < 1.29 is 4.74 Å². The van der Waals surface area contributed by atoms with Crippen LogP contribution in [-0.4, -0.2) is 31.4 Å². The molecule has 4 nitrogen and oxygen atoms in total. The third-order valence-corrected chi connectivity index (χ3v) is 2.90. The molecule has 0 aliphatic heterocycles. The van der Waals surface area contributed by atoms with Crippen molar-refractivity contribution >= 4 is 15.9 Å². The molecule has 0 aromatic carbocycles. The first kappa shape index (κ1) is 14.4. The lowest BCUT2D eigenvalue weighted by atomic mass is 10.3. The van der Waals surface area contributed by atoms with E-state index in [0.29, 0.717) is 0 Å². The first-order valence-electron chi connectivity index (χ1n) is 5.79. The van der Waals surface area contributed by atoms with Crippen molar-refractivity contribution in [3.05, 3.63) is 33.2 Å². The number of aryl methyl sites for hydroxylation is 1. The molecule has 0 fully saturated rings. The summed E-state index contributed by atoms with van der Waals surface area (Å²) in [5.41, 5.74) is 0.0561. The van der Waals surface area contributed by atoms with E-state index >= 15 is 0 Å². The maximum absolute atomic E-state index is 11.5. The van der Waals surface area contributed by atoms with Crippen molar-refractivity contribution in [3.8, 4) is 0 Å². The van der Waals surface area contributed by atoms with E-state index in [1.165, 1.54) is 0 Å². The van der Waals surface area contributed by atoms with Gasteiger partial charge >= 0.3 is 0 Å². The Labute approximate surface area is 110 Å². The highest BCUT2D eigenvalue weighted by atomic mass is 79.9. The van der Waals surface area contributed by atoms with Gasteiger partial charge in [0.05, 0.1) is 6.61 Å². The third-order valence-electron chi connectivity index (χ3n) is 2.43. The Morgan fingerprint density at radius 1 is 1.35 bits per heavy atom. The smallest absolute Gasteiger partial charge is 0.250 e. The fourth-order valence-corrected chi connectivity index (χ4v) is 1.89. The fraction of sp³-hybridized carbons (Fsp3) is 0.583. The predicted molar refractivity (Wildman–Crippen MR) is 72.4 cm³/mol. The van der Waals surface area contributed by atoms with E-state index in [1.54, 1.807) is 23.8 Å². The molecule has 0 unspecified atom stereocenters. The summed E-state index contributed by atoms with van der Waals surface area (Å²) >= 11 is 3.36. The second-order valence-electron chi connectivity index (χ2n) is 3.83. The molecule has 0 aliphatic rings. The highest BCUT2D eigenvalue weighted by molar-refractivity contribution is 9.10. The van der Waals surface area contributed by atoms with E-state index in [9.17, 15) is 4.79 Å². The van der Waals surface area contributed by atoms with E-state index in [4.69, 9.17) is 4.74 Å². The molecule has 0 aliphatic carbocycles. The van der Waals surface area contributed by atoms with Crippen molar-refractivity contribution in [2.24, 2.45) is 0 Å². The molecule has 0 radical (unpaired) electrons. The lowest BCUT2D eigenvalue weighted by molar-refractivity contribution is 0.199. The molecule has 0 saturated carbocycles. The Morgan fingerprint density at radius 2 is 2.18 bits per heavy atom. The summed E-state index contributed by atoms with van der Waals surface area (Å²) in [6, 6.07) is 3.35. The van der Waals surface area contributed by atoms with Gasteiger partial charge in [0.2, 0.25) is 0 Å². The molecular formula is C12H19BrN2O2. The lowest BCUT2D eigenvalue weighted by Crippen LogP contribution is -2.22. The monoisotopic (exact) mass is 302 g/mol. The van der Waals surface area contributed by atoms with Crippen LogP contribution in [0.5, 0.6) is 0 Å². The number of nitrogens with zero attached hydrogens (tertiary/aromatic N) is 1. The number of pyridine rings is 1. The van der Waals surface area contributed by atoms with Crippen LogP contribution in [0.3, 0.4) is 0 Å². The topological polar surface area (TPSA) is 43.3 Å². The Kier molecular flexibility index (Phi) is 7.16. The average Bonchev–Trinajstić information content (AvgIpc) is 2.32.